The van der Waals surface area contributed by atoms with E-state index in [0.717, 1.165) is 33.7 Å². The number of aromatic amines is 2. The zero-order valence-electron chi connectivity index (χ0n) is 11.1. The highest BCUT2D eigenvalue weighted by molar-refractivity contribution is 9.10. The fourth-order valence-electron chi connectivity index (χ4n) is 3.49. The van der Waals surface area contributed by atoms with Crippen molar-refractivity contribution in [3.63, 3.8) is 0 Å². The van der Waals surface area contributed by atoms with Crippen molar-refractivity contribution in [1.29, 1.82) is 0 Å². The zero-order valence-corrected chi connectivity index (χ0v) is 12.7. The fraction of sp³-hybridized carbons (Fsp3) is 0.500. The Balaban J connectivity index is 1.64. The first-order chi connectivity index (χ1) is 9.69. The molecule has 1 aromatic heterocycles. The van der Waals surface area contributed by atoms with Crippen LogP contribution in [-0.2, 0) is 0 Å². The molecule has 6 heteroatoms. The molecule has 3 saturated heterocycles. The number of hydrogen-bond acceptors (Lipinski definition) is 3. The van der Waals surface area contributed by atoms with Crippen LogP contribution in [0.2, 0.25) is 0 Å². The van der Waals surface area contributed by atoms with Gasteiger partial charge in [0.05, 0.1) is 16.7 Å². The Morgan fingerprint density at radius 1 is 1.20 bits per heavy atom. The standard InChI is InChI=1S/C14H17BrN4O/c15-9-5-11-12(18-14(20)17-11)6-10(9)16-13-7-19-3-1-8(13)2-4-19/h5-6,8,13,16H,1-4,7H2,(H2,17,18,20). The molecule has 3 fully saturated rings. The highest BCUT2D eigenvalue weighted by Gasteiger charge is 2.34. The van der Waals surface area contributed by atoms with Crippen LogP contribution in [0.3, 0.4) is 0 Å². The molecule has 20 heavy (non-hydrogen) atoms. The second kappa shape index (κ2) is 4.63. The van der Waals surface area contributed by atoms with E-state index in [1.165, 1.54) is 25.9 Å². The number of nitrogens with one attached hydrogen (secondary N) is 3. The van der Waals surface area contributed by atoms with Gasteiger partial charge in [0.25, 0.3) is 0 Å². The largest absolute Gasteiger partial charge is 0.380 e. The minimum absolute atomic E-state index is 0.160. The first kappa shape index (κ1) is 12.5. The Morgan fingerprint density at radius 2 is 1.90 bits per heavy atom. The number of hydrogen-bond donors (Lipinski definition) is 3. The van der Waals surface area contributed by atoms with Crippen LogP contribution in [-0.4, -0.2) is 40.5 Å². The van der Waals surface area contributed by atoms with Crippen molar-refractivity contribution in [1.82, 2.24) is 14.9 Å². The lowest BCUT2D eigenvalue weighted by molar-refractivity contribution is 0.0975. The van der Waals surface area contributed by atoms with E-state index in [1.54, 1.807) is 0 Å². The maximum absolute atomic E-state index is 11.4. The maximum atomic E-state index is 11.4. The monoisotopic (exact) mass is 336 g/mol. The summed E-state index contributed by atoms with van der Waals surface area (Å²) in [6.45, 7) is 3.61. The molecule has 0 aliphatic carbocycles. The molecular weight excluding hydrogens is 320 g/mol. The van der Waals surface area contributed by atoms with Crippen LogP contribution in [0.25, 0.3) is 11.0 Å². The lowest BCUT2D eigenvalue weighted by Gasteiger charge is -2.45. The van der Waals surface area contributed by atoms with Crippen LogP contribution >= 0.6 is 15.9 Å². The quantitative estimate of drug-likeness (QED) is 0.787. The summed E-state index contributed by atoms with van der Waals surface area (Å²) in [4.78, 5) is 19.5. The molecule has 0 spiro atoms. The van der Waals surface area contributed by atoms with Crippen LogP contribution in [0.4, 0.5) is 5.69 Å². The van der Waals surface area contributed by atoms with E-state index < -0.39 is 0 Å². The Kier molecular flexibility index (Phi) is 2.89. The van der Waals surface area contributed by atoms with Crippen molar-refractivity contribution in [2.45, 2.75) is 18.9 Å². The number of nitrogens with zero attached hydrogens (tertiary/aromatic N) is 1. The number of anilines is 1. The number of H-pyrrole nitrogens is 2. The second-order valence-corrected chi connectivity index (χ2v) is 6.70. The molecule has 106 valence electrons. The summed E-state index contributed by atoms with van der Waals surface area (Å²) in [5, 5.41) is 3.66. The molecule has 1 unspecified atom stereocenters. The summed E-state index contributed by atoms with van der Waals surface area (Å²) in [7, 11) is 0. The van der Waals surface area contributed by atoms with Gasteiger partial charge in [-0.05, 0) is 59.9 Å². The average molecular weight is 337 g/mol. The van der Waals surface area contributed by atoms with Gasteiger partial charge in [-0.2, -0.15) is 0 Å². The minimum Gasteiger partial charge on any atom is -0.380 e. The van der Waals surface area contributed by atoms with E-state index in [-0.39, 0.29) is 5.69 Å². The lowest BCUT2D eigenvalue weighted by Crippen LogP contribution is -2.53. The van der Waals surface area contributed by atoms with Crippen molar-refractivity contribution >= 4 is 32.7 Å². The van der Waals surface area contributed by atoms with Crippen LogP contribution in [0.15, 0.2) is 21.4 Å². The molecule has 5 rings (SSSR count). The van der Waals surface area contributed by atoms with Gasteiger partial charge < -0.3 is 20.2 Å². The Bertz CT molecular complexity index is 699. The molecule has 5 nitrogen and oxygen atoms in total. The number of rotatable bonds is 2. The molecule has 3 aliphatic rings. The lowest BCUT2D eigenvalue weighted by atomic mass is 9.84. The summed E-state index contributed by atoms with van der Waals surface area (Å²) < 4.78 is 0.997. The first-order valence-electron chi connectivity index (χ1n) is 7.09. The third-order valence-corrected chi connectivity index (χ3v) is 5.26. The Hall–Kier alpha value is -1.27. The van der Waals surface area contributed by atoms with E-state index in [2.05, 4.69) is 36.1 Å². The Labute approximate surface area is 124 Å². The molecule has 0 saturated carbocycles. The van der Waals surface area contributed by atoms with Gasteiger partial charge in [0.2, 0.25) is 0 Å². The second-order valence-electron chi connectivity index (χ2n) is 5.85. The molecule has 1 aromatic carbocycles. The van der Waals surface area contributed by atoms with E-state index in [9.17, 15) is 4.79 Å². The summed E-state index contributed by atoms with van der Waals surface area (Å²) >= 11 is 3.59. The summed E-state index contributed by atoms with van der Waals surface area (Å²) in [6.07, 6.45) is 2.58. The molecule has 2 bridgehead atoms. The third kappa shape index (κ3) is 2.07. The molecule has 3 N–H and O–H groups in total. The van der Waals surface area contributed by atoms with Crippen molar-refractivity contribution in [3.05, 3.63) is 27.1 Å². The molecular formula is C14H17BrN4O. The number of aromatic nitrogens is 2. The number of fused-ring (bicyclic) bond motifs is 4. The van der Waals surface area contributed by atoms with Gasteiger partial charge in [-0.1, -0.05) is 0 Å². The highest BCUT2D eigenvalue weighted by Crippen LogP contribution is 2.33. The first-order valence-corrected chi connectivity index (χ1v) is 7.89. The summed E-state index contributed by atoms with van der Waals surface area (Å²) in [5.74, 6) is 0.771. The normalized spacial score (nSPS) is 28.9. The SMILES string of the molecule is O=c1[nH]c2cc(Br)c(NC3CN4CCC3CC4)cc2[nH]1. The molecule has 1 atom stereocenters. The van der Waals surface area contributed by atoms with Crippen molar-refractivity contribution in [2.24, 2.45) is 5.92 Å². The molecule has 3 aliphatic heterocycles. The zero-order chi connectivity index (χ0) is 13.7. The number of halogens is 1. The van der Waals surface area contributed by atoms with Crippen LogP contribution in [0, 0.1) is 5.92 Å². The van der Waals surface area contributed by atoms with E-state index in [1.807, 2.05) is 12.1 Å². The molecule has 2 aromatic rings. The molecule has 0 amide bonds. The summed E-state index contributed by atoms with van der Waals surface area (Å²) in [6, 6.07) is 4.48. The van der Waals surface area contributed by atoms with Gasteiger partial charge in [0, 0.05) is 17.1 Å². The average Bonchev–Trinajstić information content (AvgIpc) is 2.80. The smallest absolute Gasteiger partial charge is 0.323 e. The van der Waals surface area contributed by atoms with Crippen LogP contribution in [0.1, 0.15) is 12.8 Å². The topological polar surface area (TPSA) is 63.9 Å². The minimum atomic E-state index is -0.160. The molecule has 4 heterocycles. The predicted octanol–water partition coefficient (Wildman–Crippen LogP) is 2.12. The van der Waals surface area contributed by atoms with Crippen molar-refractivity contribution in [2.75, 3.05) is 25.0 Å². The van der Waals surface area contributed by atoms with Gasteiger partial charge in [0.15, 0.2) is 0 Å². The van der Waals surface area contributed by atoms with Gasteiger partial charge in [-0.3, -0.25) is 0 Å². The summed E-state index contributed by atoms with van der Waals surface area (Å²) in [5.41, 5.74) is 2.58. The van der Waals surface area contributed by atoms with Gasteiger partial charge in [-0.25, -0.2) is 4.79 Å². The molecule has 0 radical (unpaired) electrons. The van der Waals surface area contributed by atoms with Gasteiger partial charge >= 0.3 is 5.69 Å². The van der Waals surface area contributed by atoms with Crippen LogP contribution in [0.5, 0.6) is 0 Å². The number of piperidine rings is 3. The maximum Gasteiger partial charge on any atom is 0.323 e. The fourth-order valence-corrected chi connectivity index (χ4v) is 3.95. The van der Waals surface area contributed by atoms with Gasteiger partial charge in [0.1, 0.15) is 0 Å². The van der Waals surface area contributed by atoms with E-state index in [0.29, 0.717) is 6.04 Å². The van der Waals surface area contributed by atoms with E-state index >= 15 is 0 Å². The van der Waals surface area contributed by atoms with Crippen LogP contribution < -0.4 is 11.0 Å². The Morgan fingerprint density at radius 3 is 2.55 bits per heavy atom. The third-order valence-electron chi connectivity index (χ3n) is 4.60. The van der Waals surface area contributed by atoms with E-state index in [4.69, 9.17) is 0 Å². The van der Waals surface area contributed by atoms with Gasteiger partial charge in [-0.15, -0.1) is 0 Å². The van der Waals surface area contributed by atoms with Crippen molar-refractivity contribution in [3.8, 4) is 0 Å². The number of benzene rings is 1. The van der Waals surface area contributed by atoms with Crippen molar-refractivity contribution < 1.29 is 0 Å². The highest BCUT2D eigenvalue weighted by atomic mass is 79.9. The number of imidazole rings is 1. The predicted molar refractivity (Wildman–Crippen MR) is 83.2 cm³/mol.